The summed E-state index contributed by atoms with van der Waals surface area (Å²) in [5, 5.41) is 0. The minimum Gasteiger partial charge on any atom is -0.490 e. The number of unbranched alkanes of at least 4 members (excludes halogenated alkanes) is 1. The first-order chi connectivity index (χ1) is 10.2. The summed E-state index contributed by atoms with van der Waals surface area (Å²) in [5.74, 6) is -0.0426. The van der Waals surface area contributed by atoms with Crippen LogP contribution in [-0.4, -0.2) is 6.61 Å². The summed E-state index contributed by atoms with van der Waals surface area (Å²) in [6.07, 6.45) is 1.91. The molecule has 0 saturated heterocycles. The maximum Gasteiger partial charge on any atom is 0.208 e. The van der Waals surface area contributed by atoms with Crippen molar-refractivity contribution < 1.29 is 13.9 Å². The summed E-state index contributed by atoms with van der Waals surface area (Å²) < 4.78 is 26.0. The molecule has 0 spiro atoms. The molecule has 112 valence electrons. The molecule has 0 N–H and O–H groups in total. The zero-order valence-corrected chi connectivity index (χ0v) is 13.5. The van der Waals surface area contributed by atoms with Gasteiger partial charge in [-0.2, -0.15) is 4.39 Å². The second kappa shape index (κ2) is 8.03. The Bertz CT molecular complexity index is 573. The van der Waals surface area contributed by atoms with Crippen molar-refractivity contribution in [2.45, 2.75) is 26.4 Å². The number of rotatable bonds is 7. The smallest absolute Gasteiger partial charge is 0.208 e. The van der Waals surface area contributed by atoms with Crippen LogP contribution in [0.4, 0.5) is 4.39 Å². The summed E-state index contributed by atoms with van der Waals surface area (Å²) in [5.41, 5.74) is 0.987. The van der Waals surface area contributed by atoms with Crippen LogP contribution in [0.3, 0.4) is 0 Å². The van der Waals surface area contributed by atoms with Gasteiger partial charge in [-0.3, -0.25) is 0 Å². The molecule has 0 unspecified atom stereocenters. The van der Waals surface area contributed by atoms with E-state index < -0.39 is 5.82 Å². The molecule has 4 heteroatoms. The van der Waals surface area contributed by atoms with Gasteiger partial charge in [0, 0.05) is 0 Å². The van der Waals surface area contributed by atoms with E-state index >= 15 is 0 Å². The first-order valence-electron chi connectivity index (χ1n) is 7.00. The maximum atomic E-state index is 14.4. The Morgan fingerprint density at radius 3 is 2.52 bits per heavy atom. The number of hydrogen-bond acceptors (Lipinski definition) is 2. The Hall–Kier alpha value is -1.55. The van der Waals surface area contributed by atoms with Gasteiger partial charge in [-0.1, -0.05) is 43.7 Å². The van der Waals surface area contributed by atoms with Gasteiger partial charge in [0.2, 0.25) is 5.82 Å². The SMILES string of the molecule is CCCCOc1ccc(Br)c(OCc2ccccc2)c1F. The molecule has 0 aliphatic carbocycles. The predicted octanol–water partition coefficient (Wildman–Crippen LogP) is 5.35. The van der Waals surface area contributed by atoms with Crippen molar-refractivity contribution in [2.75, 3.05) is 6.61 Å². The van der Waals surface area contributed by atoms with Crippen molar-refractivity contribution in [3.63, 3.8) is 0 Å². The molecule has 21 heavy (non-hydrogen) atoms. The molecule has 0 fully saturated rings. The second-order valence-electron chi connectivity index (χ2n) is 4.66. The van der Waals surface area contributed by atoms with E-state index in [1.54, 1.807) is 12.1 Å². The third-order valence-corrected chi connectivity index (χ3v) is 3.62. The minimum atomic E-state index is -0.462. The number of benzene rings is 2. The molecule has 2 aromatic rings. The summed E-state index contributed by atoms with van der Waals surface area (Å²) in [7, 11) is 0. The Morgan fingerprint density at radius 1 is 1.05 bits per heavy atom. The summed E-state index contributed by atoms with van der Waals surface area (Å²) in [6, 6.07) is 13.0. The zero-order valence-electron chi connectivity index (χ0n) is 11.9. The molecule has 0 aromatic heterocycles. The third kappa shape index (κ3) is 4.46. The Kier molecular flexibility index (Phi) is 6.05. The van der Waals surface area contributed by atoms with Crippen molar-refractivity contribution in [3.05, 3.63) is 58.3 Å². The lowest BCUT2D eigenvalue weighted by Crippen LogP contribution is -2.02. The molecular formula is C17H18BrFO2. The topological polar surface area (TPSA) is 18.5 Å². The van der Waals surface area contributed by atoms with Gasteiger partial charge in [0.25, 0.3) is 0 Å². The van der Waals surface area contributed by atoms with E-state index in [0.717, 1.165) is 18.4 Å². The van der Waals surface area contributed by atoms with Crippen LogP contribution in [0.25, 0.3) is 0 Å². The third-order valence-electron chi connectivity index (χ3n) is 3.00. The zero-order chi connectivity index (χ0) is 15.1. The van der Waals surface area contributed by atoms with E-state index in [0.29, 0.717) is 17.7 Å². The lowest BCUT2D eigenvalue weighted by atomic mass is 10.2. The lowest BCUT2D eigenvalue weighted by molar-refractivity contribution is 0.264. The maximum absolute atomic E-state index is 14.4. The van der Waals surface area contributed by atoms with Gasteiger partial charge in [0.1, 0.15) is 6.61 Å². The molecule has 2 nitrogen and oxygen atoms in total. The van der Waals surface area contributed by atoms with Crippen molar-refractivity contribution in [1.29, 1.82) is 0 Å². The van der Waals surface area contributed by atoms with Crippen LogP contribution in [0.5, 0.6) is 11.5 Å². The molecule has 2 rings (SSSR count). The minimum absolute atomic E-state index is 0.188. The van der Waals surface area contributed by atoms with E-state index in [2.05, 4.69) is 22.9 Å². The highest BCUT2D eigenvalue weighted by Gasteiger charge is 2.15. The number of ether oxygens (including phenoxy) is 2. The largest absolute Gasteiger partial charge is 0.490 e. The average molecular weight is 353 g/mol. The van der Waals surface area contributed by atoms with Crippen molar-refractivity contribution >= 4 is 15.9 Å². The van der Waals surface area contributed by atoms with Crippen LogP contribution in [0.15, 0.2) is 46.9 Å². The molecule has 0 atom stereocenters. The van der Waals surface area contributed by atoms with Crippen molar-refractivity contribution in [1.82, 2.24) is 0 Å². The number of halogens is 2. The molecule has 0 bridgehead atoms. The van der Waals surface area contributed by atoms with Gasteiger partial charge < -0.3 is 9.47 Å². The first-order valence-corrected chi connectivity index (χ1v) is 7.79. The molecule has 0 aliphatic rings. The van der Waals surface area contributed by atoms with Gasteiger partial charge in [-0.15, -0.1) is 0 Å². The standard InChI is InChI=1S/C17H18BrFO2/c1-2-3-11-20-15-10-9-14(18)17(16(15)19)21-12-13-7-5-4-6-8-13/h4-10H,2-3,11-12H2,1H3. The summed E-state index contributed by atoms with van der Waals surface area (Å²) in [6.45, 7) is 2.89. The molecule has 0 aliphatic heterocycles. The Labute approximate surface area is 133 Å². The van der Waals surface area contributed by atoms with Crippen LogP contribution in [-0.2, 0) is 6.61 Å². The predicted molar refractivity (Wildman–Crippen MR) is 85.3 cm³/mol. The molecule has 0 radical (unpaired) electrons. The molecule has 0 amide bonds. The van der Waals surface area contributed by atoms with Crippen LogP contribution in [0.2, 0.25) is 0 Å². The summed E-state index contributed by atoms with van der Waals surface area (Å²) in [4.78, 5) is 0. The van der Waals surface area contributed by atoms with Gasteiger partial charge in [0.15, 0.2) is 11.5 Å². The van der Waals surface area contributed by atoms with E-state index in [1.165, 1.54) is 0 Å². The molecular weight excluding hydrogens is 335 g/mol. The van der Waals surface area contributed by atoms with Crippen LogP contribution >= 0.6 is 15.9 Å². The average Bonchev–Trinajstić information content (AvgIpc) is 2.50. The highest BCUT2D eigenvalue weighted by Crippen LogP contribution is 2.34. The quantitative estimate of drug-likeness (QED) is 0.625. The van der Waals surface area contributed by atoms with Crippen molar-refractivity contribution in [3.8, 4) is 11.5 Å². The van der Waals surface area contributed by atoms with Gasteiger partial charge in [-0.05, 0) is 40.0 Å². The van der Waals surface area contributed by atoms with E-state index in [-0.39, 0.29) is 11.5 Å². The first kappa shape index (κ1) is 15.8. The van der Waals surface area contributed by atoms with Crippen LogP contribution in [0, 0.1) is 5.82 Å². The fraction of sp³-hybridized carbons (Fsp3) is 0.294. The van der Waals surface area contributed by atoms with Gasteiger partial charge in [-0.25, -0.2) is 0 Å². The van der Waals surface area contributed by atoms with E-state index in [9.17, 15) is 4.39 Å². The van der Waals surface area contributed by atoms with Gasteiger partial charge in [0.05, 0.1) is 11.1 Å². The Balaban J connectivity index is 2.09. The lowest BCUT2D eigenvalue weighted by Gasteiger charge is -2.13. The van der Waals surface area contributed by atoms with Crippen LogP contribution in [0.1, 0.15) is 25.3 Å². The molecule has 0 saturated carbocycles. The van der Waals surface area contributed by atoms with Crippen LogP contribution < -0.4 is 9.47 Å². The van der Waals surface area contributed by atoms with Crippen molar-refractivity contribution in [2.24, 2.45) is 0 Å². The monoisotopic (exact) mass is 352 g/mol. The molecule has 2 aromatic carbocycles. The van der Waals surface area contributed by atoms with Gasteiger partial charge >= 0.3 is 0 Å². The van der Waals surface area contributed by atoms with E-state index in [1.807, 2.05) is 30.3 Å². The second-order valence-corrected chi connectivity index (χ2v) is 5.52. The Morgan fingerprint density at radius 2 is 1.81 bits per heavy atom. The molecule has 0 heterocycles. The fourth-order valence-corrected chi connectivity index (χ4v) is 2.24. The van der Waals surface area contributed by atoms with E-state index in [4.69, 9.17) is 9.47 Å². The highest BCUT2D eigenvalue weighted by atomic mass is 79.9. The fourth-order valence-electron chi connectivity index (χ4n) is 1.81. The normalized spacial score (nSPS) is 10.4. The highest BCUT2D eigenvalue weighted by molar-refractivity contribution is 9.10. The number of hydrogen-bond donors (Lipinski definition) is 0. The summed E-state index contributed by atoms with van der Waals surface area (Å²) >= 11 is 3.32.